The molecule has 1 heterocycles. The second-order valence-electron chi connectivity index (χ2n) is 4.83. The highest BCUT2D eigenvalue weighted by molar-refractivity contribution is 7.14. The van der Waals surface area contributed by atoms with E-state index in [0.717, 1.165) is 33.4 Å². The molecule has 0 saturated carbocycles. The molecule has 0 amide bonds. The molecule has 3 nitrogen and oxygen atoms in total. The van der Waals surface area contributed by atoms with Crippen LogP contribution in [0.2, 0.25) is 5.02 Å². The smallest absolute Gasteiger partial charge is 0.187 e. The maximum atomic E-state index is 6.15. The van der Waals surface area contributed by atoms with Crippen molar-refractivity contribution >= 4 is 33.8 Å². The summed E-state index contributed by atoms with van der Waals surface area (Å²) in [6, 6.07) is 13.7. The number of thiazole rings is 1. The number of anilines is 2. The summed E-state index contributed by atoms with van der Waals surface area (Å²) in [6.45, 7) is 2.03. The summed E-state index contributed by atoms with van der Waals surface area (Å²) in [6.07, 6.45) is 0. The van der Waals surface area contributed by atoms with Crippen LogP contribution >= 0.6 is 22.9 Å². The zero-order chi connectivity index (χ0) is 15.5. The molecule has 0 spiro atoms. The fourth-order valence-electron chi connectivity index (χ4n) is 2.18. The molecule has 0 saturated heterocycles. The number of aromatic nitrogens is 1. The van der Waals surface area contributed by atoms with Crippen LogP contribution in [0, 0.1) is 6.92 Å². The number of para-hydroxylation sites is 1. The summed E-state index contributed by atoms with van der Waals surface area (Å²) in [7, 11) is 1.68. The van der Waals surface area contributed by atoms with Gasteiger partial charge in [-0.1, -0.05) is 23.7 Å². The Hall–Kier alpha value is -2.04. The summed E-state index contributed by atoms with van der Waals surface area (Å²) in [5.74, 6) is 0.883. The van der Waals surface area contributed by atoms with Gasteiger partial charge in [-0.25, -0.2) is 4.98 Å². The molecule has 0 aliphatic carbocycles. The van der Waals surface area contributed by atoms with E-state index in [1.165, 1.54) is 0 Å². The first-order valence-corrected chi connectivity index (χ1v) is 8.05. The Balaban J connectivity index is 1.85. The third kappa shape index (κ3) is 3.08. The molecule has 112 valence electrons. The number of halogens is 1. The van der Waals surface area contributed by atoms with Crippen molar-refractivity contribution in [2.75, 3.05) is 12.4 Å². The van der Waals surface area contributed by atoms with Crippen LogP contribution in [0.15, 0.2) is 47.8 Å². The van der Waals surface area contributed by atoms with Gasteiger partial charge in [-0.3, -0.25) is 0 Å². The van der Waals surface area contributed by atoms with Crippen LogP contribution in [0.25, 0.3) is 11.3 Å². The molecule has 0 fully saturated rings. The van der Waals surface area contributed by atoms with Gasteiger partial charge in [-0.2, -0.15) is 0 Å². The minimum atomic E-state index is 0.680. The third-order valence-electron chi connectivity index (χ3n) is 3.31. The first-order chi connectivity index (χ1) is 10.7. The predicted molar refractivity (Wildman–Crippen MR) is 93.6 cm³/mol. The maximum absolute atomic E-state index is 6.15. The number of rotatable bonds is 4. The molecule has 1 aromatic heterocycles. The van der Waals surface area contributed by atoms with E-state index in [1.807, 2.05) is 48.7 Å². The monoisotopic (exact) mass is 330 g/mol. The Morgan fingerprint density at radius 1 is 1.18 bits per heavy atom. The number of benzene rings is 2. The van der Waals surface area contributed by atoms with Gasteiger partial charge in [-0.15, -0.1) is 11.3 Å². The number of methoxy groups -OCH3 is 1. The van der Waals surface area contributed by atoms with E-state index >= 15 is 0 Å². The van der Waals surface area contributed by atoms with Gasteiger partial charge < -0.3 is 10.1 Å². The molecule has 0 radical (unpaired) electrons. The molecule has 3 aromatic rings. The molecule has 1 N–H and O–H groups in total. The largest absolute Gasteiger partial charge is 0.496 e. The van der Waals surface area contributed by atoms with Gasteiger partial charge in [0.1, 0.15) is 5.75 Å². The lowest BCUT2D eigenvalue weighted by atomic mass is 10.1. The van der Waals surface area contributed by atoms with Crippen molar-refractivity contribution in [1.29, 1.82) is 0 Å². The van der Waals surface area contributed by atoms with Gasteiger partial charge in [0.2, 0.25) is 0 Å². The summed E-state index contributed by atoms with van der Waals surface area (Å²) < 4.78 is 5.29. The molecule has 2 aromatic carbocycles. The zero-order valence-corrected chi connectivity index (χ0v) is 13.8. The van der Waals surface area contributed by atoms with Gasteiger partial charge in [0.15, 0.2) is 5.13 Å². The van der Waals surface area contributed by atoms with Crippen LogP contribution in [0.4, 0.5) is 10.8 Å². The standard InChI is InChI=1S/C17H15ClN2OS/c1-11-9-12(7-8-16(11)21-2)15-10-22-17(20-15)19-14-6-4-3-5-13(14)18/h3-10H,1-2H3,(H,19,20). The molecule has 0 unspecified atom stereocenters. The Bertz CT molecular complexity index is 801. The van der Waals surface area contributed by atoms with E-state index in [1.54, 1.807) is 18.4 Å². The first kappa shape index (κ1) is 14.9. The van der Waals surface area contributed by atoms with Crippen molar-refractivity contribution in [2.45, 2.75) is 6.92 Å². The topological polar surface area (TPSA) is 34.1 Å². The van der Waals surface area contributed by atoms with Gasteiger partial charge in [-0.05, 0) is 42.8 Å². The van der Waals surface area contributed by atoms with Crippen molar-refractivity contribution in [1.82, 2.24) is 4.98 Å². The Kier molecular flexibility index (Phi) is 4.32. The summed E-state index contributed by atoms with van der Waals surface area (Å²) in [4.78, 5) is 4.62. The van der Waals surface area contributed by atoms with E-state index in [-0.39, 0.29) is 0 Å². The molecule has 0 bridgehead atoms. The number of hydrogen-bond acceptors (Lipinski definition) is 4. The van der Waals surface area contributed by atoms with Crippen molar-refractivity contribution in [3.63, 3.8) is 0 Å². The molecular weight excluding hydrogens is 316 g/mol. The lowest BCUT2D eigenvalue weighted by molar-refractivity contribution is 0.412. The van der Waals surface area contributed by atoms with Crippen LogP contribution in [0.1, 0.15) is 5.56 Å². The molecule has 0 atom stereocenters. The van der Waals surface area contributed by atoms with Gasteiger partial charge in [0, 0.05) is 10.9 Å². The second-order valence-corrected chi connectivity index (χ2v) is 6.09. The van der Waals surface area contributed by atoms with E-state index in [0.29, 0.717) is 5.02 Å². The number of ether oxygens (including phenoxy) is 1. The average Bonchev–Trinajstić information content (AvgIpc) is 2.98. The van der Waals surface area contributed by atoms with Crippen LogP contribution in [0.3, 0.4) is 0 Å². The molecule has 22 heavy (non-hydrogen) atoms. The Morgan fingerprint density at radius 3 is 2.73 bits per heavy atom. The number of aryl methyl sites for hydroxylation is 1. The van der Waals surface area contributed by atoms with Crippen molar-refractivity contribution < 1.29 is 4.74 Å². The SMILES string of the molecule is COc1ccc(-c2csc(Nc3ccccc3Cl)n2)cc1C. The zero-order valence-electron chi connectivity index (χ0n) is 12.3. The summed E-state index contributed by atoms with van der Waals surface area (Å²) in [5.41, 5.74) is 3.96. The molecule has 0 aliphatic rings. The van der Waals surface area contributed by atoms with Crippen molar-refractivity contribution in [3.05, 3.63) is 58.4 Å². The van der Waals surface area contributed by atoms with E-state index in [2.05, 4.69) is 16.4 Å². The van der Waals surface area contributed by atoms with Gasteiger partial charge in [0.25, 0.3) is 0 Å². The minimum absolute atomic E-state index is 0.680. The fourth-order valence-corrected chi connectivity index (χ4v) is 3.09. The van der Waals surface area contributed by atoms with Crippen LogP contribution < -0.4 is 10.1 Å². The van der Waals surface area contributed by atoms with E-state index < -0.39 is 0 Å². The molecular formula is C17H15ClN2OS. The lowest BCUT2D eigenvalue weighted by Gasteiger charge is -2.06. The minimum Gasteiger partial charge on any atom is -0.496 e. The first-order valence-electron chi connectivity index (χ1n) is 6.79. The van der Waals surface area contributed by atoms with Crippen LogP contribution in [-0.4, -0.2) is 12.1 Å². The highest BCUT2D eigenvalue weighted by Crippen LogP contribution is 2.31. The molecule has 0 aliphatic heterocycles. The average molecular weight is 331 g/mol. The summed E-state index contributed by atoms with van der Waals surface area (Å²) in [5, 5.41) is 6.77. The Labute approximate surface area is 138 Å². The van der Waals surface area contributed by atoms with Crippen molar-refractivity contribution in [2.24, 2.45) is 0 Å². The quantitative estimate of drug-likeness (QED) is 0.683. The highest BCUT2D eigenvalue weighted by Gasteiger charge is 2.08. The fraction of sp³-hybridized carbons (Fsp3) is 0.118. The predicted octanol–water partition coefficient (Wildman–Crippen LogP) is 5.52. The molecule has 3 rings (SSSR count). The number of hydrogen-bond donors (Lipinski definition) is 1. The maximum Gasteiger partial charge on any atom is 0.187 e. The number of nitrogens with one attached hydrogen (secondary N) is 1. The second kappa shape index (κ2) is 6.38. The van der Waals surface area contributed by atoms with Crippen LogP contribution in [-0.2, 0) is 0 Å². The Morgan fingerprint density at radius 2 is 2.00 bits per heavy atom. The van der Waals surface area contributed by atoms with Crippen LogP contribution in [0.5, 0.6) is 5.75 Å². The van der Waals surface area contributed by atoms with Crippen molar-refractivity contribution in [3.8, 4) is 17.0 Å². The van der Waals surface area contributed by atoms with E-state index in [9.17, 15) is 0 Å². The highest BCUT2D eigenvalue weighted by atomic mass is 35.5. The third-order valence-corrected chi connectivity index (χ3v) is 4.40. The molecule has 5 heteroatoms. The van der Waals surface area contributed by atoms with E-state index in [4.69, 9.17) is 16.3 Å². The van der Waals surface area contributed by atoms with Gasteiger partial charge in [0.05, 0.1) is 23.5 Å². The lowest BCUT2D eigenvalue weighted by Crippen LogP contribution is -1.91. The summed E-state index contributed by atoms with van der Waals surface area (Å²) >= 11 is 7.70. The normalized spacial score (nSPS) is 10.5. The number of nitrogens with zero attached hydrogens (tertiary/aromatic N) is 1. The van der Waals surface area contributed by atoms with Gasteiger partial charge >= 0.3 is 0 Å².